The average molecular weight is 396 g/mol. The Morgan fingerprint density at radius 2 is 1.50 bits per heavy atom. The van der Waals surface area contributed by atoms with Crippen LogP contribution in [0, 0.1) is 0 Å². The van der Waals surface area contributed by atoms with Gasteiger partial charge in [-0.25, -0.2) is 4.98 Å². The summed E-state index contributed by atoms with van der Waals surface area (Å²) in [7, 11) is 1.67. The molecular formula is C25H24N4O. The molecule has 1 heterocycles. The van der Waals surface area contributed by atoms with E-state index in [1.807, 2.05) is 54.6 Å². The summed E-state index contributed by atoms with van der Waals surface area (Å²) in [6.45, 7) is 1.36. The SMILES string of the molecule is COc1ccc(CNc2nccc(N(Cc3ccccc3)c3ccccc3)n2)cc1. The molecule has 0 bridgehead atoms. The molecule has 0 saturated heterocycles. The molecule has 0 radical (unpaired) electrons. The Balaban J connectivity index is 1.55. The molecule has 0 atom stereocenters. The summed E-state index contributed by atoms with van der Waals surface area (Å²) < 4.78 is 5.21. The molecule has 5 nitrogen and oxygen atoms in total. The van der Waals surface area contributed by atoms with Gasteiger partial charge < -0.3 is 15.0 Å². The zero-order valence-corrected chi connectivity index (χ0v) is 16.9. The minimum Gasteiger partial charge on any atom is -0.497 e. The van der Waals surface area contributed by atoms with Gasteiger partial charge in [-0.3, -0.25) is 0 Å². The first kappa shape index (κ1) is 19.5. The maximum absolute atomic E-state index is 5.21. The number of ether oxygens (including phenoxy) is 1. The van der Waals surface area contributed by atoms with Crippen LogP contribution in [0.3, 0.4) is 0 Å². The molecule has 0 aliphatic rings. The van der Waals surface area contributed by atoms with E-state index in [0.29, 0.717) is 12.5 Å². The van der Waals surface area contributed by atoms with Crippen molar-refractivity contribution in [2.45, 2.75) is 13.1 Å². The Morgan fingerprint density at radius 1 is 0.800 bits per heavy atom. The molecule has 0 saturated carbocycles. The minimum absolute atomic E-state index is 0.595. The van der Waals surface area contributed by atoms with E-state index in [9.17, 15) is 0 Å². The van der Waals surface area contributed by atoms with Gasteiger partial charge in [-0.1, -0.05) is 60.7 Å². The number of nitrogens with zero attached hydrogens (tertiary/aromatic N) is 3. The predicted octanol–water partition coefficient (Wildman–Crippen LogP) is 5.44. The maximum atomic E-state index is 5.21. The molecule has 0 fully saturated rings. The van der Waals surface area contributed by atoms with E-state index in [0.717, 1.165) is 29.4 Å². The molecule has 3 aromatic carbocycles. The molecule has 0 unspecified atom stereocenters. The highest BCUT2D eigenvalue weighted by Crippen LogP contribution is 2.26. The first-order valence-corrected chi connectivity index (χ1v) is 9.88. The average Bonchev–Trinajstić information content (AvgIpc) is 2.83. The van der Waals surface area contributed by atoms with E-state index in [-0.39, 0.29) is 0 Å². The lowest BCUT2D eigenvalue weighted by atomic mass is 10.2. The number of hydrogen-bond acceptors (Lipinski definition) is 5. The second-order valence-corrected chi connectivity index (χ2v) is 6.85. The summed E-state index contributed by atoms with van der Waals surface area (Å²) in [6.07, 6.45) is 1.79. The number of hydrogen-bond donors (Lipinski definition) is 1. The molecule has 0 amide bonds. The maximum Gasteiger partial charge on any atom is 0.224 e. The minimum atomic E-state index is 0.595. The second-order valence-electron chi connectivity index (χ2n) is 6.85. The number of benzene rings is 3. The fourth-order valence-electron chi connectivity index (χ4n) is 3.19. The summed E-state index contributed by atoms with van der Waals surface area (Å²) >= 11 is 0. The van der Waals surface area contributed by atoms with Gasteiger partial charge in [0.15, 0.2) is 0 Å². The van der Waals surface area contributed by atoms with Crippen molar-refractivity contribution in [2.75, 3.05) is 17.3 Å². The fourth-order valence-corrected chi connectivity index (χ4v) is 3.19. The molecule has 5 heteroatoms. The first-order chi connectivity index (χ1) is 14.8. The Kier molecular flexibility index (Phi) is 6.20. The molecule has 4 aromatic rings. The Morgan fingerprint density at radius 3 is 2.20 bits per heavy atom. The van der Waals surface area contributed by atoms with Crippen LogP contribution in [0.25, 0.3) is 0 Å². The van der Waals surface area contributed by atoms with Crippen molar-refractivity contribution < 1.29 is 4.74 Å². The first-order valence-electron chi connectivity index (χ1n) is 9.88. The van der Waals surface area contributed by atoms with Gasteiger partial charge in [0.05, 0.1) is 7.11 Å². The lowest BCUT2D eigenvalue weighted by Crippen LogP contribution is -2.18. The quantitative estimate of drug-likeness (QED) is 0.430. The van der Waals surface area contributed by atoms with Crippen LogP contribution in [0.4, 0.5) is 17.5 Å². The number of rotatable bonds is 8. The molecule has 1 aromatic heterocycles. The highest BCUT2D eigenvalue weighted by molar-refractivity contribution is 5.60. The van der Waals surface area contributed by atoms with Gasteiger partial charge >= 0.3 is 0 Å². The summed E-state index contributed by atoms with van der Waals surface area (Å²) in [5, 5.41) is 3.32. The number of aromatic nitrogens is 2. The zero-order valence-electron chi connectivity index (χ0n) is 16.9. The predicted molar refractivity (Wildman–Crippen MR) is 121 cm³/mol. The Labute approximate surface area is 177 Å². The van der Waals surface area contributed by atoms with Gasteiger partial charge in [0.2, 0.25) is 5.95 Å². The third-order valence-corrected chi connectivity index (χ3v) is 4.78. The molecular weight excluding hydrogens is 372 g/mol. The van der Waals surface area contributed by atoms with Gasteiger partial charge in [-0.05, 0) is 41.5 Å². The van der Waals surface area contributed by atoms with Gasteiger partial charge in [0.1, 0.15) is 11.6 Å². The van der Waals surface area contributed by atoms with E-state index in [1.54, 1.807) is 13.3 Å². The van der Waals surface area contributed by atoms with Crippen molar-refractivity contribution in [2.24, 2.45) is 0 Å². The normalized spacial score (nSPS) is 10.4. The van der Waals surface area contributed by atoms with Crippen molar-refractivity contribution >= 4 is 17.5 Å². The summed E-state index contributed by atoms with van der Waals surface area (Å²) in [6, 6.07) is 30.6. The monoisotopic (exact) mass is 396 g/mol. The standard InChI is InChI=1S/C25H24N4O/c1-30-23-14-12-20(13-15-23)18-27-25-26-17-16-24(28-25)29(22-10-6-3-7-11-22)19-21-8-4-2-5-9-21/h2-17H,18-19H2,1H3,(H,26,27,28). The van der Waals surface area contributed by atoms with E-state index in [2.05, 4.69) is 51.6 Å². The van der Waals surface area contributed by atoms with Gasteiger partial charge in [-0.2, -0.15) is 4.98 Å². The number of anilines is 3. The molecule has 1 N–H and O–H groups in total. The van der Waals surface area contributed by atoms with Crippen LogP contribution in [0.5, 0.6) is 5.75 Å². The summed E-state index contributed by atoms with van der Waals surface area (Å²) in [4.78, 5) is 11.4. The van der Waals surface area contributed by atoms with Crippen LogP contribution in [-0.2, 0) is 13.1 Å². The molecule has 0 spiro atoms. The smallest absolute Gasteiger partial charge is 0.224 e. The number of methoxy groups -OCH3 is 1. The van der Waals surface area contributed by atoms with Crippen LogP contribution >= 0.6 is 0 Å². The third kappa shape index (κ3) is 4.94. The lowest BCUT2D eigenvalue weighted by molar-refractivity contribution is 0.414. The topological polar surface area (TPSA) is 50.3 Å². The van der Waals surface area contributed by atoms with Crippen molar-refractivity contribution in [1.29, 1.82) is 0 Å². The van der Waals surface area contributed by atoms with E-state index >= 15 is 0 Å². The van der Waals surface area contributed by atoms with Crippen LogP contribution in [0.1, 0.15) is 11.1 Å². The van der Waals surface area contributed by atoms with Crippen LogP contribution < -0.4 is 15.0 Å². The second kappa shape index (κ2) is 9.56. The van der Waals surface area contributed by atoms with Crippen LogP contribution in [0.2, 0.25) is 0 Å². The lowest BCUT2D eigenvalue weighted by Gasteiger charge is -2.24. The van der Waals surface area contributed by atoms with Gasteiger partial charge in [0, 0.05) is 25.0 Å². The van der Waals surface area contributed by atoms with Crippen molar-refractivity contribution in [1.82, 2.24) is 9.97 Å². The summed E-state index contributed by atoms with van der Waals surface area (Å²) in [5.74, 6) is 2.28. The van der Waals surface area contributed by atoms with Crippen LogP contribution in [-0.4, -0.2) is 17.1 Å². The fraction of sp³-hybridized carbons (Fsp3) is 0.120. The number of para-hydroxylation sites is 1. The van der Waals surface area contributed by atoms with Gasteiger partial charge in [0.25, 0.3) is 0 Å². The molecule has 150 valence electrons. The van der Waals surface area contributed by atoms with Crippen molar-refractivity contribution in [3.8, 4) is 5.75 Å². The highest BCUT2D eigenvalue weighted by Gasteiger charge is 2.12. The molecule has 30 heavy (non-hydrogen) atoms. The largest absolute Gasteiger partial charge is 0.497 e. The van der Waals surface area contributed by atoms with Gasteiger partial charge in [-0.15, -0.1) is 0 Å². The van der Waals surface area contributed by atoms with Crippen molar-refractivity contribution in [3.05, 3.63) is 108 Å². The van der Waals surface area contributed by atoms with Crippen LogP contribution in [0.15, 0.2) is 97.2 Å². The van der Waals surface area contributed by atoms with E-state index in [4.69, 9.17) is 9.72 Å². The highest BCUT2D eigenvalue weighted by atomic mass is 16.5. The van der Waals surface area contributed by atoms with E-state index < -0.39 is 0 Å². The van der Waals surface area contributed by atoms with Crippen molar-refractivity contribution in [3.63, 3.8) is 0 Å². The Hall–Kier alpha value is -3.86. The Bertz CT molecular complexity index is 1050. The summed E-state index contributed by atoms with van der Waals surface area (Å²) in [5.41, 5.74) is 3.43. The zero-order chi connectivity index (χ0) is 20.6. The molecule has 0 aliphatic carbocycles. The van der Waals surface area contributed by atoms with E-state index in [1.165, 1.54) is 5.56 Å². The number of nitrogens with one attached hydrogen (secondary N) is 1. The molecule has 4 rings (SSSR count). The molecule has 0 aliphatic heterocycles. The third-order valence-electron chi connectivity index (χ3n) is 4.78.